The highest BCUT2D eigenvalue weighted by molar-refractivity contribution is 7.47. The first-order chi connectivity index (χ1) is 28.8. The Kier molecular flexibility index (Phi) is 32.0. The van der Waals surface area contributed by atoms with Crippen molar-refractivity contribution in [3.63, 3.8) is 0 Å². The van der Waals surface area contributed by atoms with Crippen molar-refractivity contribution >= 4 is 19.8 Å². The molecule has 0 aliphatic heterocycles. The lowest BCUT2D eigenvalue weighted by atomic mass is 9.85. The topological polar surface area (TPSA) is 230 Å². The molecule has 0 aromatic carbocycles. The van der Waals surface area contributed by atoms with E-state index in [1.165, 1.54) is 19.3 Å². The molecule has 0 heterocycles. The van der Waals surface area contributed by atoms with Crippen LogP contribution in [0.4, 0.5) is 0 Å². The Hall–Kier alpha value is -2.75. The lowest BCUT2D eigenvalue weighted by Crippen LogP contribution is -2.64. The van der Waals surface area contributed by atoms with Crippen molar-refractivity contribution in [1.82, 2.24) is 0 Å². The van der Waals surface area contributed by atoms with Gasteiger partial charge in [0.2, 0.25) is 0 Å². The minimum Gasteiger partial charge on any atom is -0.462 e. The molecular formula is C45H75O14P. The van der Waals surface area contributed by atoms with E-state index in [-0.39, 0.29) is 12.8 Å². The van der Waals surface area contributed by atoms with Gasteiger partial charge in [-0.3, -0.25) is 18.6 Å². The molecule has 0 amide bonds. The molecule has 1 saturated carbocycles. The van der Waals surface area contributed by atoms with Gasteiger partial charge >= 0.3 is 19.8 Å². The number of hydrogen-bond donors (Lipinski definition) is 7. The zero-order valence-corrected chi connectivity index (χ0v) is 36.7. The third-order valence-corrected chi connectivity index (χ3v) is 10.6. The van der Waals surface area contributed by atoms with Gasteiger partial charge in [0.25, 0.3) is 0 Å². The molecule has 1 aliphatic rings. The van der Waals surface area contributed by atoms with Gasteiger partial charge < -0.3 is 45.0 Å². The van der Waals surface area contributed by atoms with E-state index in [0.717, 1.165) is 57.8 Å². The molecule has 60 heavy (non-hydrogen) atoms. The molecule has 0 saturated heterocycles. The van der Waals surface area contributed by atoms with Crippen molar-refractivity contribution in [2.24, 2.45) is 0 Å². The van der Waals surface area contributed by atoms with Crippen molar-refractivity contribution in [1.29, 1.82) is 0 Å². The molecular weight excluding hydrogens is 795 g/mol. The summed E-state index contributed by atoms with van der Waals surface area (Å²) in [6.07, 6.45) is 25.6. The number of aliphatic hydroxyl groups excluding tert-OH is 6. The largest absolute Gasteiger partial charge is 0.472 e. The Morgan fingerprint density at radius 2 is 1.15 bits per heavy atom. The minimum absolute atomic E-state index is 0.0502. The quantitative estimate of drug-likeness (QED) is 0.0115. The number of ether oxygens (including phenoxy) is 2. The molecule has 9 atom stereocenters. The summed E-state index contributed by atoms with van der Waals surface area (Å²) in [4.78, 5) is 35.6. The van der Waals surface area contributed by atoms with E-state index in [1.54, 1.807) is 6.08 Å². The molecule has 1 fully saturated rings. The van der Waals surface area contributed by atoms with Gasteiger partial charge in [0.05, 0.1) is 12.7 Å². The predicted octanol–water partition coefficient (Wildman–Crippen LogP) is 6.91. The van der Waals surface area contributed by atoms with E-state index in [9.17, 15) is 49.7 Å². The van der Waals surface area contributed by atoms with Crippen LogP contribution in [0.15, 0.2) is 72.9 Å². The zero-order valence-electron chi connectivity index (χ0n) is 35.8. The van der Waals surface area contributed by atoms with Crippen LogP contribution >= 0.6 is 7.82 Å². The lowest BCUT2D eigenvalue weighted by molar-refractivity contribution is -0.220. The first-order valence-corrected chi connectivity index (χ1v) is 23.3. The number of unbranched alkanes of at least 4 members (excludes halogenated alkanes) is 10. The first kappa shape index (κ1) is 55.3. The number of rotatable bonds is 34. The van der Waals surface area contributed by atoms with Gasteiger partial charge in [0.15, 0.2) is 6.10 Å². The van der Waals surface area contributed by atoms with Crippen LogP contribution in [0.1, 0.15) is 136 Å². The van der Waals surface area contributed by atoms with E-state index in [4.69, 9.17) is 18.5 Å². The molecule has 7 N–H and O–H groups in total. The molecule has 0 aromatic heterocycles. The molecule has 344 valence electrons. The van der Waals surface area contributed by atoms with E-state index < -0.39 is 81.8 Å². The molecule has 0 radical (unpaired) electrons. The maximum absolute atomic E-state index is 12.8. The fourth-order valence-corrected chi connectivity index (χ4v) is 6.96. The fourth-order valence-electron chi connectivity index (χ4n) is 5.98. The highest BCUT2D eigenvalue weighted by atomic mass is 31.2. The van der Waals surface area contributed by atoms with E-state index in [1.807, 2.05) is 36.5 Å². The molecule has 0 aromatic rings. The molecule has 14 nitrogen and oxygen atoms in total. The maximum atomic E-state index is 12.8. The zero-order chi connectivity index (χ0) is 44.4. The summed E-state index contributed by atoms with van der Waals surface area (Å²) in [7, 11) is -5.15. The second kappa shape index (κ2) is 34.8. The average molecular weight is 871 g/mol. The summed E-state index contributed by atoms with van der Waals surface area (Å²) in [5, 5.41) is 60.1. The van der Waals surface area contributed by atoms with Crippen molar-refractivity contribution in [3.8, 4) is 0 Å². The predicted molar refractivity (Wildman–Crippen MR) is 231 cm³/mol. The van der Waals surface area contributed by atoms with Crippen LogP contribution in [-0.2, 0) is 32.7 Å². The molecule has 1 rings (SSSR count). The van der Waals surface area contributed by atoms with Crippen LogP contribution in [0.25, 0.3) is 0 Å². The smallest absolute Gasteiger partial charge is 0.462 e. The molecule has 1 aliphatic carbocycles. The normalized spacial score (nSPS) is 23.4. The van der Waals surface area contributed by atoms with Crippen molar-refractivity contribution in [2.75, 3.05) is 13.2 Å². The maximum Gasteiger partial charge on any atom is 0.472 e. The highest BCUT2D eigenvalue weighted by Crippen LogP contribution is 2.47. The monoisotopic (exact) mass is 870 g/mol. The fraction of sp³-hybridized carbons (Fsp3) is 0.689. The van der Waals surface area contributed by atoms with Crippen LogP contribution in [0, 0.1) is 0 Å². The first-order valence-electron chi connectivity index (χ1n) is 21.8. The number of phosphoric ester groups is 1. The third kappa shape index (κ3) is 27.2. The van der Waals surface area contributed by atoms with E-state index >= 15 is 0 Å². The van der Waals surface area contributed by atoms with Gasteiger partial charge in [-0.05, 0) is 70.6 Å². The standard InChI is InChI=1S/C45H75O14P/c1-3-5-7-9-11-12-13-14-15-16-20-25-29-33-39(48)58-37(35-57-60(54,55)59-45-43(52)41(50)40(49)42(51)44(45)53)34-56-38(47)32-28-24-21-17-19-23-27-31-36(46)30-26-22-18-10-8-6-4-2/h7,9,12-13,17-18,21-23,26-27,30,36-37,40-46,49-53H,3-6,8,10-11,14-16,19-20,24-25,28-29,31-35H2,1-2H3,(H,54,55)/b9-7-,13-12-,21-17+,22-18-,27-23-,30-26-/t36-,37-,40?,41-,42+,43-,44-,45?/m1/s1. The Morgan fingerprint density at radius 3 is 1.82 bits per heavy atom. The summed E-state index contributed by atoms with van der Waals surface area (Å²) in [5.41, 5.74) is 0. The summed E-state index contributed by atoms with van der Waals surface area (Å²) >= 11 is 0. The summed E-state index contributed by atoms with van der Waals surface area (Å²) < 4.78 is 33.3. The van der Waals surface area contributed by atoms with Crippen molar-refractivity contribution in [3.05, 3.63) is 72.9 Å². The number of carbonyl (C=O) groups excluding carboxylic acids is 2. The van der Waals surface area contributed by atoms with Gasteiger partial charge in [-0.1, -0.05) is 125 Å². The van der Waals surface area contributed by atoms with E-state index in [0.29, 0.717) is 32.1 Å². The van der Waals surface area contributed by atoms with Crippen molar-refractivity contribution in [2.45, 2.75) is 185 Å². The summed E-state index contributed by atoms with van der Waals surface area (Å²) in [6, 6.07) is 0. The van der Waals surface area contributed by atoms with Gasteiger partial charge in [-0.2, -0.15) is 0 Å². The molecule has 0 spiro atoms. The number of carbonyl (C=O) groups is 2. The molecule has 3 unspecified atom stereocenters. The van der Waals surface area contributed by atoms with Crippen LogP contribution in [0.2, 0.25) is 0 Å². The average Bonchev–Trinajstić information content (AvgIpc) is 3.22. The Balaban J connectivity index is 2.57. The van der Waals surface area contributed by atoms with Crippen LogP contribution in [-0.4, -0.2) is 110 Å². The third-order valence-electron chi connectivity index (χ3n) is 9.58. The number of allylic oxidation sites excluding steroid dienone is 10. The molecule has 15 heteroatoms. The molecule has 0 bridgehead atoms. The van der Waals surface area contributed by atoms with Crippen molar-refractivity contribution < 1.29 is 68.2 Å². The SMILES string of the molecule is CCC/C=C\C/C=C\CCCCCCCC(=O)O[C@H](COC(=O)CCC/C=C/C/C=C\C[C@H](O)/C=C\C=C/CCCCC)COP(=O)(O)OC1[C@H](O)[C@H](O)C(O)[C@H](O)[C@H]1O. The second-order valence-corrected chi connectivity index (χ2v) is 16.4. The van der Waals surface area contributed by atoms with Crippen LogP contribution in [0.5, 0.6) is 0 Å². The number of esters is 2. The summed E-state index contributed by atoms with van der Waals surface area (Å²) in [5.74, 6) is -1.23. The van der Waals surface area contributed by atoms with Gasteiger partial charge in [0.1, 0.15) is 43.2 Å². The number of phosphoric acid groups is 1. The summed E-state index contributed by atoms with van der Waals surface area (Å²) in [6.45, 7) is 3.04. The van der Waals surface area contributed by atoms with Gasteiger partial charge in [0, 0.05) is 12.8 Å². The van der Waals surface area contributed by atoms with Gasteiger partial charge in [-0.15, -0.1) is 0 Å². The number of aliphatic hydroxyl groups is 6. The number of hydrogen-bond acceptors (Lipinski definition) is 13. The van der Waals surface area contributed by atoms with Crippen LogP contribution < -0.4 is 0 Å². The van der Waals surface area contributed by atoms with Gasteiger partial charge in [-0.25, -0.2) is 4.57 Å². The van der Waals surface area contributed by atoms with E-state index in [2.05, 4.69) is 44.2 Å². The Bertz CT molecular complexity index is 1340. The Labute approximate surface area is 358 Å². The lowest BCUT2D eigenvalue weighted by Gasteiger charge is -2.41. The minimum atomic E-state index is -5.15. The second-order valence-electron chi connectivity index (χ2n) is 15.0. The Morgan fingerprint density at radius 1 is 0.600 bits per heavy atom. The van der Waals surface area contributed by atoms with Crippen LogP contribution in [0.3, 0.4) is 0 Å². The highest BCUT2D eigenvalue weighted by Gasteiger charge is 2.51.